The number of carbonyl (C=O) groups is 1. The summed E-state index contributed by atoms with van der Waals surface area (Å²) < 4.78 is 29.4. The summed E-state index contributed by atoms with van der Waals surface area (Å²) in [6.45, 7) is -0.112. The van der Waals surface area contributed by atoms with Gasteiger partial charge in [0.25, 0.3) is 5.91 Å². The highest BCUT2D eigenvalue weighted by Crippen LogP contribution is 2.28. The van der Waals surface area contributed by atoms with Crippen LogP contribution in [0, 0.1) is 11.3 Å². The second-order valence-electron chi connectivity index (χ2n) is 7.07. The molecule has 1 aromatic carbocycles. The third-order valence-corrected chi connectivity index (χ3v) is 6.95. The highest BCUT2D eigenvalue weighted by molar-refractivity contribution is 7.91. The molecule has 6 nitrogen and oxygen atoms in total. The molecule has 0 spiro atoms. The fraction of sp³-hybridized carbons (Fsp3) is 0.579. The molecule has 1 aliphatic heterocycles. The van der Waals surface area contributed by atoms with Crippen molar-refractivity contribution in [2.75, 3.05) is 18.1 Å². The van der Waals surface area contributed by atoms with E-state index in [0.29, 0.717) is 17.7 Å². The van der Waals surface area contributed by atoms with Crippen molar-refractivity contribution in [3.63, 3.8) is 0 Å². The van der Waals surface area contributed by atoms with Crippen LogP contribution in [0.25, 0.3) is 0 Å². The zero-order valence-electron chi connectivity index (χ0n) is 14.8. The van der Waals surface area contributed by atoms with Gasteiger partial charge < -0.3 is 9.64 Å². The number of nitriles is 1. The molecular weight excluding hydrogens is 352 g/mol. The minimum atomic E-state index is -3.05. The summed E-state index contributed by atoms with van der Waals surface area (Å²) in [7, 11) is -3.05. The molecule has 1 saturated carbocycles. The van der Waals surface area contributed by atoms with E-state index in [1.165, 1.54) is 6.42 Å². The van der Waals surface area contributed by atoms with Crippen molar-refractivity contribution in [3.05, 3.63) is 29.8 Å². The summed E-state index contributed by atoms with van der Waals surface area (Å²) in [4.78, 5) is 14.7. The Bertz CT molecular complexity index is 777. The largest absolute Gasteiger partial charge is 0.484 e. The van der Waals surface area contributed by atoms with Gasteiger partial charge in [0.05, 0.1) is 23.1 Å². The molecular formula is C19H24N2O4S. The van der Waals surface area contributed by atoms with Crippen LogP contribution in [0.2, 0.25) is 0 Å². The number of ether oxygens (including phenoxy) is 1. The molecule has 7 heteroatoms. The van der Waals surface area contributed by atoms with Crippen LogP contribution in [0.4, 0.5) is 0 Å². The quantitative estimate of drug-likeness (QED) is 0.787. The third-order valence-electron chi connectivity index (χ3n) is 5.20. The molecule has 1 amide bonds. The second kappa shape index (κ2) is 8.09. The number of benzene rings is 1. The van der Waals surface area contributed by atoms with Gasteiger partial charge in [-0.1, -0.05) is 19.3 Å². The van der Waals surface area contributed by atoms with Crippen molar-refractivity contribution in [2.24, 2.45) is 0 Å². The highest BCUT2D eigenvalue weighted by Gasteiger charge is 2.38. The lowest BCUT2D eigenvalue weighted by Gasteiger charge is -2.38. The average molecular weight is 376 g/mol. The van der Waals surface area contributed by atoms with E-state index in [9.17, 15) is 13.2 Å². The van der Waals surface area contributed by atoms with Gasteiger partial charge in [-0.2, -0.15) is 5.26 Å². The lowest BCUT2D eigenvalue weighted by atomic mass is 9.93. The molecule has 3 rings (SSSR count). The van der Waals surface area contributed by atoms with Crippen LogP contribution in [0.15, 0.2) is 24.3 Å². The Hall–Kier alpha value is -2.07. The summed E-state index contributed by atoms with van der Waals surface area (Å²) in [5.41, 5.74) is 0.531. The smallest absolute Gasteiger partial charge is 0.261 e. The van der Waals surface area contributed by atoms with Gasteiger partial charge in [-0.05, 0) is 43.5 Å². The Labute approximate surface area is 154 Å². The van der Waals surface area contributed by atoms with Crippen LogP contribution in [-0.4, -0.2) is 49.4 Å². The molecule has 1 saturated heterocycles. The van der Waals surface area contributed by atoms with E-state index in [1.54, 1.807) is 29.2 Å². The first kappa shape index (κ1) is 18.7. The van der Waals surface area contributed by atoms with Gasteiger partial charge in [-0.25, -0.2) is 8.42 Å². The number of nitrogens with zero attached hydrogens (tertiary/aromatic N) is 2. The minimum Gasteiger partial charge on any atom is -0.484 e. The molecule has 1 aliphatic carbocycles. The summed E-state index contributed by atoms with van der Waals surface area (Å²) >= 11 is 0. The maximum absolute atomic E-state index is 12.9. The van der Waals surface area contributed by atoms with Crippen molar-refractivity contribution in [3.8, 4) is 11.8 Å². The van der Waals surface area contributed by atoms with Gasteiger partial charge in [0.2, 0.25) is 0 Å². The summed E-state index contributed by atoms with van der Waals surface area (Å²) in [6.07, 6.45) is 5.69. The number of amides is 1. The topological polar surface area (TPSA) is 87.5 Å². The van der Waals surface area contributed by atoms with Crippen molar-refractivity contribution in [2.45, 2.75) is 50.6 Å². The van der Waals surface area contributed by atoms with Crippen molar-refractivity contribution < 1.29 is 17.9 Å². The third kappa shape index (κ3) is 4.55. The maximum Gasteiger partial charge on any atom is 0.261 e. The minimum absolute atomic E-state index is 0.0616. The molecule has 1 aromatic rings. The normalized spacial score (nSPS) is 22.5. The van der Waals surface area contributed by atoms with Crippen LogP contribution in [0.1, 0.15) is 44.1 Å². The average Bonchev–Trinajstić information content (AvgIpc) is 3.01. The number of carbonyl (C=O) groups excluding carboxylic acids is 1. The van der Waals surface area contributed by atoms with Gasteiger partial charge in [-0.3, -0.25) is 4.79 Å². The Balaban J connectivity index is 1.68. The van der Waals surface area contributed by atoms with Crippen LogP contribution < -0.4 is 4.74 Å². The van der Waals surface area contributed by atoms with E-state index in [1.807, 2.05) is 6.07 Å². The molecule has 140 valence electrons. The molecule has 0 radical (unpaired) electrons. The van der Waals surface area contributed by atoms with E-state index in [4.69, 9.17) is 10.00 Å². The second-order valence-corrected chi connectivity index (χ2v) is 9.30. The zero-order chi connectivity index (χ0) is 18.6. The van der Waals surface area contributed by atoms with Gasteiger partial charge in [0, 0.05) is 12.1 Å². The van der Waals surface area contributed by atoms with Crippen LogP contribution in [-0.2, 0) is 14.6 Å². The van der Waals surface area contributed by atoms with Crippen molar-refractivity contribution in [1.29, 1.82) is 5.26 Å². The van der Waals surface area contributed by atoms with E-state index < -0.39 is 9.84 Å². The SMILES string of the molecule is N#Cc1ccc(OCC(=O)N(C2CCCCC2)[C@@H]2CCS(=O)(=O)C2)cc1. The molecule has 2 fully saturated rings. The lowest BCUT2D eigenvalue weighted by Crippen LogP contribution is -2.50. The van der Waals surface area contributed by atoms with Crippen LogP contribution >= 0.6 is 0 Å². The van der Waals surface area contributed by atoms with Crippen LogP contribution in [0.3, 0.4) is 0 Å². The zero-order valence-corrected chi connectivity index (χ0v) is 15.6. The first-order valence-electron chi connectivity index (χ1n) is 9.13. The molecule has 26 heavy (non-hydrogen) atoms. The molecule has 0 aromatic heterocycles. The Morgan fingerprint density at radius 3 is 2.38 bits per heavy atom. The van der Waals surface area contributed by atoms with E-state index in [-0.39, 0.29) is 36.1 Å². The number of hydrogen-bond acceptors (Lipinski definition) is 5. The fourth-order valence-corrected chi connectivity index (χ4v) is 5.62. The summed E-state index contributed by atoms with van der Waals surface area (Å²) in [5, 5.41) is 8.83. The first-order chi connectivity index (χ1) is 12.5. The Kier molecular flexibility index (Phi) is 5.82. The van der Waals surface area contributed by atoms with Gasteiger partial charge in [-0.15, -0.1) is 0 Å². The predicted octanol–water partition coefficient (Wildman–Crippen LogP) is 2.29. The molecule has 0 N–H and O–H groups in total. The van der Waals surface area contributed by atoms with Gasteiger partial charge in [0.1, 0.15) is 5.75 Å². The lowest BCUT2D eigenvalue weighted by molar-refractivity contribution is -0.138. The number of sulfone groups is 1. The summed E-state index contributed by atoms with van der Waals surface area (Å²) in [6, 6.07) is 8.52. The number of rotatable bonds is 5. The molecule has 0 bridgehead atoms. The van der Waals surface area contributed by atoms with E-state index in [2.05, 4.69) is 0 Å². The predicted molar refractivity (Wildman–Crippen MR) is 97.4 cm³/mol. The molecule has 2 aliphatic rings. The Morgan fingerprint density at radius 1 is 1.12 bits per heavy atom. The van der Waals surface area contributed by atoms with E-state index in [0.717, 1.165) is 25.7 Å². The monoisotopic (exact) mass is 376 g/mol. The summed E-state index contributed by atoms with van der Waals surface area (Å²) in [5.74, 6) is 0.597. The van der Waals surface area contributed by atoms with Crippen LogP contribution in [0.5, 0.6) is 5.75 Å². The van der Waals surface area contributed by atoms with Gasteiger partial charge >= 0.3 is 0 Å². The fourth-order valence-electron chi connectivity index (χ4n) is 3.90. The standard InChI is InChI=1S/C19H24N2O4S/c20-12-15-6-8-18(9-7-15)25-13-19(22)21(16-4-2-1-3-5-16)17-10-11-26(23,24)14-17/h6-9,16-17H,1-5,10-11,13-14H2/t17-/m1/s1. The Morgan fingerprint density at radius 2 is 1.81 bits per heavy atom. The molecule has 0 unspecified atom stereocenters. The van der Waals surface area contributed by atoms with Crippen molar-refractivity contribution >= 4 is 15.7 Å². The molecule has 1 atom stereocenters. The first-order valence-corrected chi connectivity index (χ1v) is 11.0. The van der Waals surface area contributed by atoms with Crippen molar-refractivity contribution in [1.82, 2.24) is 4.90 Å². The molecule has 1 heterocycles. The van der Waals surface area contributed by atoms with Gasteiger partial charge in [0.15, 0.2) is 16.4 Å². The maximum atomic E-state index is 12.9. The number of hydrogen-bond donors (Lipinski definition) is 0. The highest BCUT2D eigenvalue weighted by atomic mass is 32.2. The van der Waals surface area contributed by atoms with E-state index >= 15 is 0 Å².